The highest BCUT2D eigenvalue weighted by Crippen LogP contribution is 2.42. The van der Waals surface area contributed by atoms with Crippen molar-refractivity contribution in [2.75, 3.05) is 46.7 Å². The average Bonchev–Trinajstić information content (AvgIpc) is 2.68. The van der Waals surface area contributed by atoms with Gasteiger partial charge in [-0.25, -0.2) is 4.98 Å². The standard InChI is InChI=1S/C20H24N4O4/c1-23(2)12-6-11-21-19-13-7-5-8-15(27-3)18(13)22-20-16(28-4)10-9-14(17(19)20)24(25)26/h5,7-10H,6,11-12H2,1-4H3,(H,21,22). The third kappa shape index (κ3) is 3.63. The van der Waals surface area contributed by atoms with Crippen LogP contribution < -0.4 is 14.8 Å². The van der Waals surface area contributed by atoms with E-state index in [0.29, 0.717) is 40.2 Å². The molecule has 0 aliphatic carbocycles. The normalized spacial score (nSPS) is 11.2. The Hall–Kier alpha value is -3.13. The van der Waals surface area contributed by atoms with E-state index in [1.54, 1.807) is 13.2 Å². The van der Waals surface area contributed by atoms with Crippen molar-refractivity contribution >= 4 is 33.2 Å². The Bertz CT molecular complexity index is 1020. The summed E-state index contributed by atoms with van der Waals surface area (Å²) in [5, 5.41) is 16.3. The summed E-state index contributed by atoms with van der Waals surface area (Å²) in [6.07, 6.45) is 0.889. The van der Waals surface area contributed by atoms with Crippen molar-refractivity contribution in [3.63, 3.8) is 0 Å². The van der Waals surface area contributed by atoms with Gasteiger partial charge in [-0.1, -0.05) is 12.1 Å². The van der Waals surface area contributed by atoms with Crippen LogP contribution in [0.2, 0.25) is 0 Å². The smallest absolute Gasteiger partial charge is 0.281 e. The molecule has 148 valence electrons. The van der Waals surface area contributed by atoms with E-state index in [0.717, 1.165) is 18.4 Å². The third-order valence-electron chi connectivity index (χ3n) is 4.58. The first kappa shape index (κ1) is 19.6. The monoisotopic (exact) mass is 384 g/mol. The molecular formula is C20H24N4O4. The van der Waals surface area contributed by atoms with Gasteiger partial charge in [-0.05, 0) is 39.2 Å². The summed E-state index contributed by atoms with van der Waals surface area (Å²) in [4.78, 5) is 18.1. The quantitative estimate of drug-likeness (QED) is 0.274. The van der Waals surface area contributed by atoms with Crippen molar-refractivity contribution < 1.29 is 14.4 Å². The van der Waals surface area contributed by atoms with Gasteiger partial charge in [-0.15, -0.1) is 0 Å². The second-order valence-corrected chi connectivity index (χ2v) is 6.69. The molecule has 0 bridgehead atoms. The molecule has 0 amide bonds. The lowest BCUT2D eigenvalue weighted by atomic mass is 10.0. The zero-order valence-electron chi connectivity index (χ0n) is 16.5. The molecule has 8 heteroatoms. The maximum absolute atomic E-state index is 11.7. The Kier molecular flexibility index (Phi) is 5.79. The topological polar surface area (TPSA) is 89.8 Å². The molecule has 0 fully saturated rings. The van der Waals surface area contributed by atoms with Gasteiger partial charge in [0.05, 0.1) is 24.8 Å². The van der Waals surface area contributed by atoms with Crippen LogP contribution >= 0.6 is 0 Å². The van der Waals surface area contributed by atoms with Crippen LogP contribution in [0.4, 0.5) is 11.4 Å². The third-order valence-corrected chi connectivity index (χ3v) is 4.58. The number of aromatic nitrogens is 1. The summed E-state index contributed by atoms with van der Waals surface area (Å²) in [5.74, 6) is 1.08. The number of nitrogens with one attached hydrogen (secondary N) is 1. The van der Waals surface area contributed by atoms with Crippen molar-refractivity contribution in [2.24, 2.45) is 0 Å². The number of pyridine rings is 1. The molecule has 1 N–H and O–H groups in total. The lowest BCUT2D eigenvalue weighted by Gasteiger charge is -2.17. The fourth-order valence-electron chi connectivity index (χ4n) is 3.28. The summed E-state index contributed by atoms with van der Waals surface area (Å²) in [7, 11) is 7.13. The van der Waals surface area contributed by atoms with Crippen LogP contribution in [0.1, 0.15) is 6.42 Å². The van der Waals surface area contributed by atoms with Gasteiger partial charge >= 0.3 is 0 Å². The molecule has 0 radical (unpaired) electrons. The van der Waals surface area contributed by atoms with Crippen LogP contribution in [0.3, 0.4) is 0 Å². The Balaban J connectivity index is 2.30. The molecule has 8 nitrogen and oxygen atoms in total. The van der Waals surface area contributed by atoms with Crippen LogP contribution in [0, 0.1) is 10.1 Å². The van der Waals surface area contributed by atoms with E-state index in [1.807, 2.05) is 32.3 Å². The Morgan fingerprint density at radius 2 is 1.82 bits per heavy atom. The number of rotatable bonds is 8. The van der Waals surface area contributed by atoms with Crippen LogP contribution in [0.25, 0.3) is 21.8 Å². The predicted molar refractivity (Wildman–Crippen MR) is 111 cm³/mol. The molecule has 2 aromatic carbocycles. The fourth-order valence-corrected chi connectivity index (χ4v) is 3.28. The predicted octanol–water partition coefficient (Wildman–Crippen LogP) is 3.68. The number of ether oxygens (including phenoxy) is 2. The minimum atomic E-state index is -0.388. The van der Waals surface area contributed by atoms with Gasteiger partial charge in [0, 0.05) is 18.0 Å². The van der Waals surface area contributed by atoms with Gasteiger partial charge in [0.25, 0.3) is 5.69 Å². The van der Waals surface area contributed by atoms with Crippen molar-refractivity contribution in [2.45, 2.75) is 6.42 Å². The van der Waals surface area contributed by atoms with Crippen LogP contribution in [-0.4, -0.2) is 56.2 Å². The summed E-state index contributed by atoms with van der Waals surface area (Å²) in [5.41, 5.74) is 1.72. The van der Waals surface area contributed by atoms with E-state index in [-0.39, 0.29) is 10.6 Å². The number of hydrogen-bond donors (Lipinski definition) is 1. The van der Waals surface area contributed by atoms with Gasteiger partial charge in [0.2, 0.25) is 0 Å². The highest BCUT2D eigenvalue weighted by Gasteiger charge is 2.23. The minimum Gasteiger partial charge on any atom is -0.494 e. The summed E-state index contributed by atoms with van der Waals surface area (Å²) < 4.78 is 10.9. The van der Waals surface area contributed by atoms with Crippen LogP contribution in [-0.2, 0) is 0 Å². The first-order valence-electron chi connectivity index (χ1n) is 8.98. The summed E-state index contributed by atoms with van der Waals surface area (Å²) >= 11 is 0. The molecule has 1 heterocycles. The largest absolute Gasteiger partial charge is 0.494 e. The zero-order valence-corrected chi connectivity index (χ0v) is 16.5. The van der Waals surface area contributed by atoms with Gasteiger partial charge in [-0.3, -0.25) is 10.1 Å². The van der Waals surface area contributed by atoms with E-state index in [4.69, 9.17) is 9.47 Å². The molecule has 0 unspecified atom stereocenters. The molecule has 0 aliphatic rings. The molecule has 0 atom stereocenters. The van der Waals surface area contributed by atoms with Gasteiger partial charge < -0.3 is 19.7 Å². The fraction of sp³-hybridized carbons (Fsp3) is 0.350. The van der Waals surface area contributed by atoms with Gasteiger partial charge in [-0.2, -0.15) is 0 Å². The van der Waals surface area contributed by atoms with E-state index < -0.39 is 0 Å². The number of fused-ring (bicyclic) bond motifs is 2. The number of para-hydroxylation sites is 1. The van der Waals surface area contributed by atoms with E-state index in [9.17, 15) is 10.1 Å². The molecule has 0 saturated heterocycles. The number of hydrogen-bond acceptors (Lipinski definition) is 7. The molecule has 0 spiro atoms. The average molecular weight is 384 g/mol. The number of nitrogens with zero attached hydrogens (tertiary/aromatic N) is 3. The van der Waals surface area contributed by atoms with E-state index in [2.05, 4.69) is 15.2 Å². The van der Waals surface area contributed by atoms with Crippen LogP contribution in [0.5, 0.6) is 11.5 Å². The molecule has 0 saturated carbocycles. The number of benzene rings is 2. The Labute approximate surface area is 163 Å². The lowest BCUT2D eigenvalue weighted by molar-refractivity contribution is -0.383. The van der Waals surface area contributed by atoms with Crippen molar-refractivity contribution in [3.8, 4) is 11.5 Å². The molecule has 0 aliphatic heterocycles. The highest BCUT2D eigenvalue weighted by molar-refractivity contribution is 6.13. The minimum absolute atomic E-state index is 0.0110. The van der Waals surface area contributed by atoms with Crippen molar-refractivity contribution in [3.05, 3.63) is 40.4 Å². The summed E-state index contributed by atoms with van der Waals surface area (Å²) in [6, 6.07) is 8.60. The molecule has 3 aromatic rings. The molecule has 1 aromatic heterocycles. The number of non-ortho nitro benzene ring substituents is 1. The number of nitro benzene ring substituents is 1. The number of nitro groups is 1. The SMILES string of the molecule is COc1cccc2c(NCCCN(C)C)c3c([N+](=O)[O-])ccc(OC)c3nc12. The zero-order chi connectivity index (χ0) is 20.3. The van der Waals surface area contributed by atoms with Crippen LogP contribution in [0.15, 0.2) is 30.3 Å². The molecule has 28 heavy (non-hydrogen) atoms. The number of methoxy groups -OCH3 is 2. The van der Waals surface area contributed by atoms with Crippen molar-refractivity contribution in [1.29, 1.82) is 0 Å². The van der Waals surface area contributed by atoms with E-state index >= 15 is 0 Å². The van der Waals surface area contributed by atoms with Crippen molar-refractivity contribution in [1.82, 2.24) is 9.88 Å². The van der Waals surface area contributed by atoms with Gasteiger partial charge in [0.1, 0.15) is 27.9 Å². The second kappa shape index (κ2) is 8.26. The summed E-state index contributed by atoms with van der Waals surface area (Å²) in [6.45, 7) is 1.57. The number of anilines is 1. The Morgan fingerprint density at radius 3 is 2.46 bits per heavy atom. The lowest BCUT2D eigenvalue weighted by Crippen LogP contribution is -2.16. The van der Waals surface area contributed by atoms with E-state index in [1.165, 1.54) is 13.2 Å². The first-order valence-corrected chi connectivity index (χ1v) is 8.98. The first-order chi connectivity index (χ1) is 13.5. The molecule has 3 rings (SSSR count). The maximum Gasteiger partial charge on any atom is 0.281 e. The molecular weight excluding hydrogens is 360 g/mol. The highest BCUT2D eigenvalue weighted by atomic mass is 16.6. The Morgan fingerprint density at radius 1 is 1.11 bits per heavy atom. The second-order valence-electron chi connectivity index (χ2n) is 6.69. The van der Waals surface area contributed by atoms with Gasteiger partial charge in [0.15, 0.2) is 0 Å². The maximum atomic E-state index is 11.7.